The zero-order valence-electron chi connectivity index (χ0n) is 19.8. The van der Waals surface area contributed by atoms with Crippen molar-refractivity contribution >= 4 is 0 Å². The standard InChI is InChI=1S/C26H30N4O4/c1-16(2)33-24-5-4-20(11-21(24)13-27)26-28-25(29-34-26)23-12-19-7-9-30(14-22(32)15-31)8-6-18(19)10-17(23)3/h4-5,10-12,16,22,31-32H,6-9,14-15H2,1-3H3/t22-/m0/s1. The Kier molecular flexibility index (Phi) is 7.27. The van der Waals surface area contributed by atoms with Crippen LogP contribution in [0.4, 0.5) is 0 Å². The SMILES string of the molecule is Cc1cc2c(cc1-c1noc(-c3ccc(OC(C)C)c(C#N)c3)n1)CCN(C[C@H](O)CO)CC2. The molecule has 0 bridgehead atoms. The number of hydrogen-bond acceptors (Lipinski definition) is 8. The lowest BCUT2D eigenvalue weighted by atomic mass is 9.96. The van der Waals surface area contributed by atoms with Gasteiger partial charge in [0.1, 0.15) is 11.8 Å². The summed E-state index contributed by atoms with van der Waals surface area (Å²) in [7, 11) is 0. The van der Waals surface area contributed by atoms with E-state index in [1.165, 1.54) is 11.1 Å². The van der Waals surface area contributed by atoms with Crippen LogP contribution in [0.25, 0.3) is 22.8 Å². The van der Waals surface area contributed by atoms with E-state index in [4.69, 9.17) is 14.4 Å². The topological polar surface area (TPSA) is 116 Å². The van der Waals surface area contributed by atoms with Crippen LogP contribution in [-0.4, -0.2) is 63.7 Å². The van der Waals surface area contributed by atoms with Crippen LogP contribution < -0.4 is 4.74 Å². The van der Waals surface area contributed by atoms with Crippen molar-refractivity contribution in [3.8, 4) is 34.7 Å². The van der Waals surface area contributed by atoms with E-state index in [-0.39, 0.29) is 12.7 Å². The Bertz CT molecular complexity index is 1200. The van der Waals surface area contributed by atoms with Gasteiger partial charge in [-0.15, -0.1) is 0 Å². The van der Waals surface area contributed by atoms with Crippen LogP contribution in [0.15, 0.2) is 34.9 Å². The fraction of sp³-hybridized carbons (Fsp3) is 0.423. The molecule has 178 valence electrons. The number of aryl methyl sites for hydroxylation is 1. The minimum absolute atomic E-state index is 0.0315. The highest BCUT2D eigenvalue weighted by molar-refractivity contribution is 5.66. The van der Waals surface area contributed by atoms with Gasteiger partial charge in [0.15, 0.2) is 0 Å². The molecule has 0 fully saturated rings. The highest BCUT2D eigenvalue weighted by atomic mass is 16.5. The normalized spacial score (nSPS) is 15.0. The van der Waals surface area contributed by atoms with Crippen molar-refractivity contribution in [3.63, 3.8) is 0 Å². The monoisotopic (exact) mass is 462 g/mol. The summed E-state index contributed by atoms with van der Waals surface area (Å²) in [5, 5.41) is 32.7. The number of β-amino-alcohol motifs (C(OH)–C–C–N with tert-alkyl or cyclic N) is 1. The van der Waals surface area contributed by atoms with Gasteiger partial charge in [0.25, 0.3) is 5.89 Å². The van der Waals surface area contributed by atoms with Gasteiger partial charge in [-0.1, -0.05) is 11.2 Å². The van der Waals surface area contributed by atoms with E-state index in [1.54, 1.807) is 12.1 Å². The van der Waals surface area contributed by atoms with Gasteiger partial charge >= 0.3 is 0 Å². The van der Waals surface area contributed by atoms with Crippen LogP contribution in [0, 0.1) is 18.3 Å². The van der Waals surface area contributed by atoms with Gasteiger partial charge in [-0.2, -0.15) is 10.2 Å². The average Bonchev–Trinajstić information content (AvgIpc) is 3.23. The van der Waals surface area contributed by atoms with Crippen LogP contribution in [0.1, 0.15) is 36.1 Å². The predicted molar refractivity (Wildman–Crippen MR) is 127 cm³/mol. The van der Waals surface area contributed by atoms with Crippen molar-refractivity contribution in [1.82, 2.24) is 15.0 Å². The van der Waals surface area contributed by atoms with E-state index >= 15 is 0 Å². The van der Waals surface area contributed by atoms with E-state index in [0.717, 1.165) is 37.1 Å². The Morgan fingerprint density at radius 1 is 1.18 bits per heavy atom. The second kappa shape index (κ2) is 10.3. The highest BCUT2D eigenvalue weighted by Gasteiger charge is 2.20. The van der Waals surface area contributed by atoms with Crippen LogP contribution in [0.5, 0.6) is 5.75 Å². The van der Waals surface area contributed by atoms with E-state index < -0.39 is 6.10 Å². The van der Waals surface area contributed by atoms with Crippen molar-refractivity contribution in [3.05, 3.63) is 52.6 Å². The summed E-state index contributed by atoms with van der Waals surface area (Å²) in [5.41, 5.74) is 5.58. The second-order valence-corrected chi connectivity index (χ2v) is 8.99. The number of ether oxygens (including phenoxy) is 1. The maximum atomic E-state index is 9.80. The minimum atomic E-state index is -0.719. The summed E-state index contributed by atoms with van der Waals surface area (Å²) in [4.78, 5) is 6.80. The number of nitrogens with zero attached hydrogens (tertiary/aromatic N) is 4. The zero-order valence-corrected chi connectivity index (χ0v) is 19.8. The smallest absolute Gasteiger partial charge is 0.258 e. The van der Waals surface area contributed by atoms with E-state index in [0.29, 0.717) is 35.1 Å². The van der Waals surface area contributed by atoms with Crippen molar-refractivity contribution in [1.29, 1.82) is 5.26 Å². The quantitative estimate of drug-likeness (QED) is 0.550. The number of aliphatic hydroxyl groups excluding tert-OH is 2. The van der Waals surface area contributed by atoms with Gasteiger partial charge in [0.05, 0.1) is 24.4 Å². The molecule has 8 nitrogen and oxygen atoms in total. The molecular weight excluding hydrogens is 432 g/mol. The third kappa shape index (κ3) is 5.28. The first kappa shape index (κ1) is 23.9. The number of rotatable bonds is 7. The van der Waals surface area contributed by atoms with E-state index in [1.807, 2.05) is 26.8 Å². The second-order valence-electron chi connectivity index (χ2n) is 8.99. The molecule has 0 spiro atoms. The summed E-state index contributed by atoms with van der Waals surface area (Å²) in [6, 6.07) is 11.8. The molecule has 3 aromatic rings. The molecule has 1 aliphatic heterocycles. The first-order valence-electron chi connectivity index (χ1n) is 11.6. The fourth-order valence-corrected chi connectivity index (χ4v) is 4.28. The Morgan fingerprint density at radius 2 is 1.91 bits per heavy atom. The lowest BCUT2D eigenvalue weighted by molar-refractivity contribution is 0.0605. The summed E-state index contributed by atoms with van der Waals surface area (Å²) < 4.78 is 11.2. The molecule has 0 amide bonds. The van der Waals surface area contributed by atoms with Crippen molar-refractivity contribution in [2.75, 3.05) is 26.2 Å². The van der Waals surface area contributed by atoms with Crippen LogP contribution in [0.2, 0.25) is 0 Å². The Hall–Kier alpha value is -3.25. The Labute approximate surface area is 199 Å². The zero-order chi connectivity index (χ0) is 24.2. The number of aliphatic hydroxyl groups is 2. The first-order valence-corrected chi connectivity index (χ1v) is 11.6. The van der Waals surface area contributed by atoms with Gasteiger partial charge in [0, 0.05) is 30.8 Å². The van der Waals surface area contributed by atoms with Crippen molar-refractivity contribution in [2.45, 2.75) is 45.8 Å². The molecule has 2 aromatic carbocycles. The van der Waals surface area contributed by atoms with Crippen LogP contribution in [0.3, 0.4) is 0 Å². The van der Waals surface area contributed by atoms with E-state index in [9.17, 15) is 10.4 Å². The fourth-order valence-electron chi connectivity index (χ4n) is 4.28. The maximum absolute atomic E-state index is 9.80. The molecule has 1 aromatic heterocycles. The minimum Gasteiger partial charge on any atom is -0.490 e. The van der Waals surface area contributed by atoms with Crippen molar-refractivity contribution < 1.29 is 19.5 Å². The molecule has 0 saturated carbocycles. The van der Waals surface area contributed by atoms with Crippen LogP contribution >= 0.6 is 0 Å². The molecule has 0 aliphatic carbocycles. The maximum Gasteiger partial charge on any atom is 0.258 e. The lowest BCUT2D eigenvalue weighted by Crippen LogP contribution is -2.35. The number of nitriles is 1. The molecule has 4 rings (SSSR count). The Morgan fingerprint density at radius 3 is 2.59 bits per heavy atom. The van der Waals surface area contributed by atoms with Gasteiger partial charge < -0.3 is 24.4 Å². The average molecular weight is 463 g/mol. The first-order chi connectivity index (χ1) is 16.4. The lowest BCUT2D eigenvalue weighted by Gasteiger charge is -2.21. The van der Waals surface area contributed by atoms with Gasteiger partial charge in [-0.05, 0) is 74.6 Å². The molecule has 1 atom stereocenters. The molecule has 2 N–H and O–H groups in total. The molecule has 34 heavy (non-hydrogen) atoms. The molecule has 1 aliphatic rings. The van der Waals surface area contributed by atoms with E-state index in [2.05, 4.69) is 33.2 Å². The summed E-state index contributed by atoms with van der Waals surface area (Å²) >= 11 is 0. The number of fused-ring (bicyclic) bond motifs is 1. The van der Waals surface area contributed by atoms with Crippen LogP contribution in [-0.2, 0) is 12.8 Å². The third-order valence-electron chi connectivity index (χ3n) is 6.00. The molecule has 0 radical (unpaired) electrons. The number of aromatic nitrogens is 2. The van der Waals surface area contributed by atoms with Crippen molar-refractivity contribution in [2.24, 2.45) is 0 Å². The number of benzene rings is 2. The molecule has 2 heterocycles. The summed E-state index contributed by atoms with van der Waals surface area (Å²) in [5.74, 6) is 1.39. The molecule has 8 heteroatoms. The molecule has 0 unspecified atom stereocenters. The summed E-state index contributed by atoms with van der Waals surface area (Å²) in [6.45, 7) is 7.76. The highest BCUT2D eigenvalue weighted by Crippen LogP contribution is 2.31. The van der Waals surface area contributed by atoms with Gasteiger partial charge in [-0.3, -0.25) is 0 Å². The number of hydrogen-bond donors (Lipinski definition) is 2. The third-order valence-corrected chi connectivity index (χ3v) is 6.00. The predicted octanol–water partition coefficient (Wildman–Crippen LogP) is 3.12. The van der Waals surface area contributed by atoms with Gasteiger partial charge in [0.2, 0.25) is 5.82 Å². The Balaban J connectivity index is 1.58. The van der Waals surface area contributed by atoms with Gasteiger partial charge in [-0.25, -0.2) is 0 Å². The largest absolute Gasteiger partial charge is 0.490 e. The molecular formula is C26H30N4O4. The molecule has 0 saturated heterocycles. The summed E-state index contributed by atoms with van der Waals surface area (Å²) in [6.07, 6.45) is 0.974.